The highest BCUT2D eigenvalue weighted by molar-refractivity contribution is 7.07. The molecule has 1 amide bonds. The SMILES string of the molecule is Cc1csc(=O)n1CC(=O)N[C@H](C)c1cccc(Cl)c1. The minimum atomic E-state index is -0.193. The van der Waals surface area contributed by atoms with E-state index in [4.69, 9.17) is 11.6 Å². The van der Waals surface area contributed by atoms with Gasteiger partial charge in [-0.05, 0) is 31.5 Å². The highest BCUT2D eigenvalue weighted by Gasteiger charge is 2.12. The first-order chi connectivity index (χ1) is 9.47. The van der Waals surface area contributed by atoms with E-state index < -0.39 is 0 Å². The number of nitrogens with one attached hydrogen (secondary N) is 1. The summed E-state index contributed by atoms with van der Waals surface area (Å²) in [6, 6.07) is 7.19. The maximum Gasteiger partial charge on any atom is 0.307 e. The molecular formula is C14H15ClN2O2S. The van der Waals surface area contributed by atoms with E-state index in [0.717, 1.165) is 22.6 Å². The average molecular weight is 311 g/mol. The van der Waals surface area contributed by atoms with Gasteiger partial charge in [-0.1, -0.05) is 35.1 Å². The number of hydrogen-bond donors (Lipinski definition) is 1. The van der Waals surface area contributed by atoms with Crippen molar-refractivity contribution in [2.24, 2.45) is 0 Å². The van der Waals surface area contributed by atoms with Crippen LogP contribution in [0.15, 0.2) is 34.4 Å². The summed E-state index contributed by atoms with van der Waals surface area (Å²) < 4.78 is 1.46. The van der Waals surface area contributed by atoms with E-state index in [1.807, 2.05) is 32.0 Å². The smallest absolute Gasteiger partial charge is 0.307 e. The first kappa shape index (κ1) is 14.8. The van der Waals surface area contributed by atoms with Gasteiger partial charge in [0.1, 0.15) is 6.54 Å². The molecular weight excluding hydrogens is 296 g/mol. The predicted octanol–water partition coefficient (Wildman–Crippen LogP) is 2.75. The molecule has 1 atom stereocenters. The van der Waals surface area contributed by atoms with Crippen molar-refractivity contribution in [1.29, 1.82) is 0 Å². The second-order valence-electron chi connectivity index (χ2n) is 4.57. The molecule has 0 aliphatic heterocycles. The van der Waals surface area contributed by atoms with Gasteiger partial charge in [0.2, 0.25) is 5.91 Å². The Morgan fingerprint density at radius 2 is 2.25 bits per heavy atom. The number of aryl methyl sites for hydroxylation is 1. The number of aromatic nitrogens is 1. The van der Waals surface area contributed by atoms with Crippen molar-refractivity contribution in [1.82, 2.24) is 9.88 Å². The van der Waals surface area contributed by atoms with Crippen molar-refractivity contribution in [2.45, 2.75) is 26.4 Å². The number of hydrogen-bond acceptors (Lipinski definition) is 3. The molecule has 4 nitrogen and oxygen atoms in total. The van der Waals surface area contributed by atoms with Crippen LogP contribution in [-0.2, 0) is 11.3 Å². The van der Waals surface area contributed by atoms with Crippen molar-refractivity contribution >= 4 is 28.8 Å². The van der Waals surface area contributed by atoms with Gasteiger partial charge in [-0.25, -0.2) is 0 Å². The molecule has 0 radical (unpaired) electrons. The maximum absolute atomic E-state index is 12.0. The zero-order valence-electron chi connectivity index (χ0n) is 11.2. The van der Waals surface area contributed by atoms with Gasteiger partial charge in [-0.2, -0.15) is 0 Å². The van der Waals surface area contributed by atoms with Crippen LogP contribution in [0.3, 0.4) is 0 Å². The lowest BCUT2D eigenvalue weighted by atomic mass is 10.1. The molecule has 2 rings (SSSR count). The Kier molecular flexibility index (Phi) is 4.62. The van der Waals surface area contributed by atoms with Crippen LogP contribution in [0, 0.1) is 6.92 Å². The van der Waals surface area contributed by atoms with Crippen LogP contribution in [0.5, 0.6) is 0 Å². The third kappa shape index (κ3) is 3.49. The average Bonchev–Trinajstić information content (AvgIpc) is 2.70. The molecule has 1 N–H and O–H groups in total. The van der Waals surface area contributed by atoms with Crippen LogP contribution in [0.25, 0.3) is 0 Å². The summed E-state index contributed by atoms with van der Waals surface area (Å²) in [5.41, 5.74) is 1.73. The Bertz CT molecular complexity index is 678. The Hall–Kier alpha value is -1.59. The van der Waals surface area contributed by atoms with Gasteiger partial charge in [-0.15, -0.1) is 0 Å². The van der Waals surface area contributed by atoms with E-state index in [2.05, 4.69) is 5.32 Å². The van der Waals surface area contributed by atoms with E-state index in [9.17, 15) is 9.59 Å². The fourth-order valence-electron chi connectivity index (χ4n) is 1.89. The second kappa shape index (κ2) is 6.24. The number of halogens is 1. The van der Waals surface area contributed by atoms with Crippen molar-refractivity contribution < 1.29 is 4.79 Å². The highest BCUT2D eigenvalue weighted by Crippen LogP contribution is 2.17. The predicted molar refractivity (Wildman–Crippen MR) is 81.3 cm³/mol. The van der Waals surface area contributed by atoms with Crippen molar-refractivity contribution in [3.63, 3.8) is 0 Å². The van der Waals surface area contributed by atoms with Gasteiger partial charge in [-0.3, -0.25) is 14.2 Å². The Morgan fingerprint density at radius 3 is 2.85 bits per heavy atom. The van der Waals surface area contributed by atoms with Crippen LogP contribution >= 0.6 is 22.9 Å². The number of amides is 1. The molecule has 6 heteroatoms. The van der Waals surface area contributed by atoms with E-state index in [1.54, 1.807) is 11.4 Å². The minimum Gasteiger partial charge on any atom is -0.348 e. The van der Waals surface area contributed by atoms with Crippen LogP contribution in [-0.4, -0.2) is 10.5 Å². The zero-order chi connectivity index (χ0) is 14.7. The van der Waals surface area contributed by atoms with Gasteiger partial charge < -0.3 is 5.32 Å². The maximum atomic E-state index is 12.0. The molecule has 2 aromatic rings. The third-order valence-corrected chi connectivity index (χ3v) is 4.12. The quantitative estimate of drug-likeness (QED) is 0.944. The lowest BCUT2D eigenvalue weighted by molar-refractivity contribution is -0.122. The molecule has 0 saturated carbocycles. The molecule has 0 aliphatic carbocycles. The van der Waals surface area contributed by atoms with Crippen molar-refractivity contribution in [2.75, 3.05) is 0 Å². The lowest BCUT2D eigenvalue weighted by Gasteiger charge is -2.15. The molecule has 1 heterocycles. The summed E-state index contributed by atoms with van der Waals surface area (Å²) >= 11 is 7.03. The molecule has 1 aromatic carbocycles. The van der Waals surface area contributed by atoms with Gasteiger partial charge >= 0.3 is 4.87 Å². The second-order valence-corrected chi connectivity index (χ2v) is 5.83. The number of rotatable bonds is 4. The molecule has 0 aliphatic rings. The van der Waals surface area contributed by atoms with Gasteiger partial charge in [0.15, 0.2) is 0 Å². The Morgan fingerprint density at radius 1 is 1.50 bits per heavy atom. The lowest BCUT2D eigenvalue weighted by Crippen LogP contribution is -2.32. The third-order valence-electron chi connectivity index (χ3n) is 3.00. The first-order valence-corrected chi connectivity index (χ1v) is 7.43. The summed E-state index contributed by atoms with van der Waals surface area (Å²) in [5.74, 6) is -0.193. The Labute approximate surface area is 126 Å². The first-order valence-electron chi connectivity index (χ1n) is 6.17. The summed E-state index contributed by atoms with van der Waals surface area (Å²) in [4.78, 5) is 23.4. The molecule has 0 saturated heterocycles. The molecule has 0 spiro atoms. The van der Waals surface area contributed by atoms with E-state index in [-0.39, 0.29) is 23.4 Å². The standard InChI is InChI=1S/C14H15ClN2O2S/c1-9-8-20-14(19)17(9)7-13(18)16-10(2)11-4-3-5-12(15)6-11/h3-6,8,10H,7H2,1-2H3,(H,16,18)/t10-/m1/s1. The molecule has 0 fully saturated rings. The molecule has 20 heavy (non-hydrogen) atoms. The van der Waals surface area contributed by atoms with E-state index in [1.165, 1.54) is 4.57 Å². The number of nitrogens with zero attached hydrogens (tertiary/aromatic N) is 1. The Balaban J connectivity index is 2.03. The zero-order valence-corrected chi connectivity index (χ0v) is 12.8. The monoisotopic (exact) mass is 310 g/mol. The van der Waals surface area contributed by atoms with E-state index >= 15 is 0 Å². The van der Waals surface area contributed by atoms with Crippen LogP contribution < -0.4 is 10.2 Å². The van der Waals surface area contributed by atoms with Crippen LogP contribution in [0.2, 0.25) is 5.02 Å². The molecule has 0 bridgehead atoms. The minimum absolute atomic E-state index is 0.0407. The normalized spacial score (nSPS) is 12.2. The van der Waals surface area contributed by atoms with E-state index in [0.29, 0.717) is 5.02 Å². The number of thiazole rings is 1. The summed E-state index contributed by atoms with van der Waals surface area (Å²) in [6.07, 6.45) is 0. The molecule has 1 aromatic heterocycles. The van der Waals surface area contributed by atoms with Crippen LogP contribution in [0.1, 0.15) is 24.2 Å². The highest BCUT2D eigenvalue weighted by atomic mass is 35.5. The van der Waals surface area contributed by atoms with Gasteiger partial charge in [0.25, 0.3) is 0 Å². The van der Waals surface area contributed by atoms with Gasteiger partial charge in [0, 0.05) is 16.1 Å². The summed E-state index contributed by atoms with van der Waals surface area (Å²) in [7, 11) is 0. The van der Waals surface area contributed by atoms with Crippen molar-refractivity contribution in [3.05, 3.63) is 55.6 Å². The number of benzene rings is 1. The molecule has 0 unspecified atom stereocenters. The number of carbonyl (C=O) groups excluding carboxylic acids is 1. The fraction of sp³-hybridized carbons (Fsp3) is 0.286. The topological polar surface area (TPSA) is 51.1 Å². The van der Waals surface area contributed by atoms with Crippen molar-refractivity contribution in [3.8, 4) is 0 Å². The number of carbonyl (C=O) groups is 1. The fourth-order valence-corrected chi connectivity index (χ4v) is 2.82. The van der Waals surface area contributed by atoms with Crippen LogP contribution in [0.4, 0.5) is 0 Å². The van der Waals surface area contributed by atoms with Gasteiger partial charge in [0.05, 0.1) is 6.04 Å². The largest absolute Gasteiger partial charge is 0.348 e. The molecule has 106 valence electrons. The summed E-state index contributed by atoms with van der Waals surface area (Å²) in [6.45, 7) is 3.73. The summed E-state index contributed by atoms with van der Waals surface area (Å²) in [5, 5.41) is 5.24.